The molecule has 1 aromatic carbocycles. The van der Waals surface area contributed by atoms with Crippen molar-refractivity contribution in [2.45, 2.75) is 76.4 Å². The van der Waals surface area contributed by atoms with Crippen LogP contribution in [0.3, 0.4) is 0 Å². The predicted molar refractivity (Wildman–Crippen MR) is 113 cm³/mol. The summed E-state index contributed by atoms with van der Waals surface area (Å²) in [7, 11) is -1.21. The lowest BCUT2D eigenvalue weighted by molar-refractivity contribution is 0.200. The van der Waals surface area contributed by atoms with Gasteiger partial charge in [0.1, 0.15) is 0 Å². The Kier molecular flexibility index (Phi) is 7.04. The number of alkyl halides is 1. The number of hydrogen-bond donors (Lipinski definition) is 0. The molecule has 2 aliphatic rings. The molecule has 1 saturated carbocycles. The summed E-state index contributed by atoms with van der Waals surface area (Å²) in [5, 5.41) is 2.99. The molecule has 0 aromatic heterocycles. The molecule has 134 valence electrons. The number of hydrogen-bond acceptors (Lipinski definition) is 0. The molecule has 24 heavy (non-hydrogen) atoms. The minimum atomic E-state index is -1.21. The minimum absolute atomic E-state index is 0.965. The molecule has 2 fully saturated rings. The highest BCUT2D eigenvalue weighted by Crippen LogP contribution is 2.44. The Hall–Kier alpha value is -0.0831. The van der Waals surface area contributed by atoms with Crippen LogP contribution in [0.4, 0.5) is 0 Å². The van der Waals surface area contributed by atoms with Gasteiger partial charge in [-0.3, -0.25) is 0 Å². The molecular weight excluding hydrogens is 372 g/mol. The molecule has 0 nitrogen and oxygen atoms in total. The molecule has 1 saturated heterocycles. The summed E-state index contributed by atoms with van der Waals surface area (Å²) in [6, 6.07) is 16.4. The fourth-order valence-corrected chi connectivity index (χ4v) is 11.5. The molecular formula is C22H35BrSi. The largest absolute Gasteiger partial charge is 0.0925 e. The van der Waals surface area contributed by atoms with Gasteiger partial charge in [-0.1, -0.05) is 102 Å². The lowest BCUT2D eigenvalue weighted by Crippen LogP contribution is -2.50. The van der Waals surface area contributed by atoms with Crippen molar-refractivity contribution in [1.29, 1.82) is 0 Å². The molecule has 1 aliphatic heterocycles. The first-order valence-electron chi connectivity index (χ1n) is 10.4. The summed E-state index contributed by atoms with van der Waals surface area (Å²) in [4.78, 5) is 0. The van der Waals surface area contributed by atoms with Crippen molar-refractivity contribution in [2.24, 2.45) is 17.8 Å². The van der Waals surface area contributed by atoms with Gasteiger partial charge in [-0.15, -0.1) is 0 Å². The van der Waals surface area contributed by atoms with Crippen molar-refractivity contribution in [3.63, 3.8) is 0 Å². The van der Waals surface area contributed by atoms with Gasteiger partial charge in [0, 0.05) is 5.33 Å². The molecule has 0 atom stereocenters. The molecule has 3 rings (SSSR count). The van der Waals surface area contributed by atoms with E-state index in [1.54, 1.807) is 17.3 Å². The summed E-state index contributed by atoms with van der Waals surface area (Å²) in [6.07, 6.45) is 11.9. The number of halogens is 1. The second-order valence-corrected chi connectivity index (χ2v) is 13.8. The maximum absolute atomic E-state index is 3.70. The molecule has 0 amide bonds. The summed E-state index contributed by atoms with van der Waals surface area (Å²) in [6.45, 7) is 2.36. The van der Waals surface area contributed by atoms with Gasteiger partial charge < -0.3 is 0 Å². The quantitative estimate of drug-likeness (QED) is 0.361. The number of unbranched alkanes of at least 4 members (excludes halogenated alkanes) is 1. The topological polar surface area (TPSA) is 0 Å². The summed E-state index contributed by atoms with van der Waals surface area (Å²) < 4.78 is 0. The van der Waals surface area contributed by atoms with E-state index in [9.17, 15) is 0 Å². The van der Waals surface area contributed by atoms with Crippen molar-refractivity contribution >= 4 is 29.2 Å². The molecule has 0 N–H and O–H groups in total. The van der Waals surface area contributed by atoms with E-state index in [0.717, 1.165) is 17.8 Å². The van der Waals surface area contributed by atoms with Gasteiger partial charge >= 0.3 is 0 Å². The number of rotatable bonds is 6. The normalized spacial score (nSPS) is 34.2. The van der Waals surface area contributed by atoms with Crippen LogP contribution in [0.5, 0.6) is 0 Å². The van der Waals surface area contributed by atoms with Gasteiger partial charge in [0.2, 0.25) is 0 Å². The third-order valence-electron chi connectivity index (χ3n) is 7.16. The summed E-state index contributed by atoms with van der Waals surface area (Å²) in [5.41, 5.74) is 0. The SMILES string of the molecule is CCCC[Si@]1(c2ccccc2)CC[C@H](C2CCC(CBr)CC2)CC1. The van der Waals surface area contributed by atoms with Crippen LogP contribution in [0.15, 0.2) is 30.3 Å². The average Bonchev–Trinajstić information content (AvgIpc) is 2.67. The highest BCUT2D eigenvalue weighted by atomic mass is 79.9. The second kappa shape index (κ2) is 9.03. The van der Waals surface area contributed by atoms with Crippen LogP contribution >= 0.6 is 15.9 Å². The van der Waals surface area contributed by atoms with Crippen molar-refractivity contribution in [1.82, 2.24) is 0 Å². The van der Waals surface area contributed by atoms with Crippen molar-refractivity contribution in [3.8, 4) is 0 Å². The van der Waals surface area contributed by atoms with Crippen LogP contribution in [-0.4, -0.2) is 13.4 Å². The van der Waals surface area contributed by atoms with E-state index in [2.05, 4.69) is 53.2 Å². The highest BCUT2D eigenvalue weighted by Gasteiger charge is 2.40. The monoisotopic (exact) mass is 406 g/mol. The molecule has 1 heterocycles. The zero-order valence-electron chi connectivity index (χ0n) is 15.5. The van der Waals surface area contributed by atoms with E-state index in [1.165, 1.54) is 62.7 Å². The maximum atomic E-state index is 3.70. The van der Waals surface area contributed by atoms with Gasteiger partial charge in [0.15, 0.2) is 0 Å². The van der Waals surface area contributed by atoms with Gasteiger partial charge in [0.05, 0.1) is 8.07 Å². The smallest absolute Gasteiger partial charge is 0.0867 e. The van der Waals surface area contributed by atoms with Crippen molar-refractivity contribution < 1.29 is 0 Å². The molecule has 0 spiro atoms. The van der Waals surface area contributed by atoms with Crippen molar-refractivity contribution in [2.75, 3.05) is 5.33 Å². The first kappa shape index (κ1) is 18.7. The van der Waals surface area contributed by atoms with E-state index in [-0.39, 0.29) is 0 Å². The molecule has 2 heteroatoms. The maximum Gasteiger partial charge on any atom is 0.0867 e. The first-order chi connectivity index (χ1) is 11.8. The zero-order chi connectivity index (χ0) is 16.8. The Morgan fingerprint density at radius 1 is 0.917 bits per heavy atom. The predicted octanol–water partition coefficient (Wildman–Crippen LogP) is 6.75. The first-order valence-corrected chi connectivity index (χ1v) is 14.1. The van der Waals surface area contributed by atoms with Crippen LogP contribution < -0.4 is 5.19 Å². The Balaban J connectivity index is 1.62. The number of benzene rings is 1. The van der Waals surface area contributed by atoms with Crippen LogP contribution in [0, 0.1) is 17.8 Å². The molecule has 0 unspecified atom stereocenters. The lowest BCUT2D eigenvalue weighted by atomic mass is 9.74. The molecule has 1 aliphatic carbocycles. The van der Waals surface area contributed by atoms with Crippen LogP contribution in [0.2, 0.25) is 18.1 Å². The lowest BCUT2D eigenvalue weighted by Gasteiger charge is -2.43. The molecule has 1 aromatic rings. The highest BCUT2D eigenvalue weighted by molar-refractivity contribution is 9.09. The standard InChI is InChI=1S/C22H35BrSi/c1-2-3-15-24(22-7-5-4-6-8-22)16-13-21(14-17-24)20-11-9-19(18-23)10-12-20/h4-8,19-21H,2-3,9-18H2,1H3/t19?,20?,21-,24-. The van der Waals surface area contributed by atoms with E-state index in [0.29, 0.717) is 0 Å². The van der Waals surface area contributed by atoms with E-state index in [4.69, 9.17) is 0 Å². The fraction of sp³-hybridized carbons (Fsp3) is 0.727. The van der Waals surface area contributed by atoms with Gasteiger partial charge in [-0.2, -0.15) is 0 Å². The van der Waals surface area contributed by atoms with Crippen LogP contribution in [0.1, 0.15) is 58.3 Å². The Labute approximate surface area is 159 Å². The summed E-state index contributed by atoms with van der Waals surface area (Å²) >= 11 is 3.70. The van der Waals surface area contributed by atoms with E-state index < -0.39 is 8.07 Å². The van der Waals surface area contributed by atoms with E-state index >= 15 is 0 Å². The fourth-order valence-electron chi connectivity index (χ4n) is 5.47. The average molecular weight is 408 g/mol. The van der Waals surface area contributed by atoms with Gasteiger partial charge in [-0.25, -0.2) is 0 Å². The summed E-state index contributed by atoms with van der Waals surface area (Å²) in [5.74, 6) is 3.06. The minimum Gasteiger partial charge on any atom is -0.0925 e. The van der Waals surface area contributed by atoms with E-state index in [1.807, 2.05) is 0 Å². The van der Waals surface area contributed by atoms with Gasteiger partial charge in [0.25, 0.3) is 0 Å². The van der Waals surface area contributed by atoms with Gasteiger partial charge in [-0.05, 0) is 43.4 Å². The molecule has 0 radical (unpaired) electrons. The second-order valence-electron chi connectivity index (χ2n) is 8.52. The Bertz CT molecular complexity index is 470. The van der Waals surface area contributed by atoms with Crippen LogP contribution in [-0.2, 0) is 0 Å². The third-order valence-corrected chi connectivity index (χ3v) is 13.4. The third kappa shape index (κ3) is 4.36. The Morgan fingerprint density at radius 3 is 2.12 bits per heavy atom. The Morgan fingerprint density at radius 2 is 1.54 bits per heavy atom. The van der Waals surface area contributed by atoms with Crippen molar-refractivity contribution in [3.05, 3.63) is 30.3 Å². The van der Waals surface area contributed by atoms with Crippen LogP contribution in [0.25, 0.3) is 0 Å². The molecule has 0 bridgehead atoms. The zero-order valence-corrected chi connectivity index (χ0v) is 18.1.